The Balaban J connectivity index is 1.91. The predicted molar refractivity (Wildman–Crippen MR) is 95.1 cm³/mol. The molecule has 1 amide bonds. The summed E-state index contributed by atoms with van der Waals surface area (Å²) in [6.45, 7) is 5.64. The molecule has 0 atom stereocenters. The van der Waals surface area contributed by atoms with Gasteiger partial charge in [0.1, 0.15) is 0 Å². The van der Waals surface area contributed by atoms with Crippen LogP contribution >= 0.6 is 0 Å². The van der Waals surface area contributed by atoms with Gasteiger partial charge in [0.05, 0.1) is 11.7 Å². The van der Waals surface area contributed by atoms with Gasteiger partial charge in [-0.15, -0.1) is 0 Å². The lowest BCUT2D eigenvalue weighted by Crippen LogP contribution is -2.14. The highest BCUT2D eigenvalue weighted by atomic mass is 16.5. The van der Waals surface area contributed by atoms with Crippen LogP contribution in [-0.2, 0) is 16.0 Å². The Morgan fingerprint density at radius 1 is 1.08 bits per heavy atom. The molecule has 0 aromatic heterocycles. The average Bonchev–Trinajstić information content (AvgIpc) is 2.54. The minimum atomic E-state index is -0.388. The third-order valence-electron chi connectivity index (χ3n) is 3.49. The van der Waals surface area contributed by atoms with E-state index in [2.05, 4.69) is 5.32 Å². The van der Waals surface area contributed by atoms with Crippen LogP contribution in [0.5, 0.6) is 0 Å². The first kappa shape index (κ1) is 17.7. The lowest BCUT2D eigenvalue weighted by atomic mass is 10.1. The summed E-state index contributed by atoms with van der Waals surface area (Å²) in [6.07, 6.45) is 0.899. The summed E-state index contributed by atoms with van der Waals surface area (Å²) in [7, 11) is 0. The molecule has 0 saturated carbocycles. The number of nitrogens with one attached hydrogen (secondary N) is 1. The number of ether oxygens (including phenoxy) is 1. The minimum absolute atomic E-state index is 0.0787. The van der Waals surface area contributed by atoms with Gasteiger partial charge in [-0.1, -0.05) is 35.9 Å². The van der Waals surface area contributed by atoms with E-state index in [0.717, 1.165) is 5.56 Å². The molecule has 1 N–H and O–H groups in total. The Bertz CT molecular complexity index is 705. The van der Waals surface area contributed by atoms with Crippen molar-refractivity contribution in [3.63, 3.8) is 0 Å². The molecule has 0 bridgehead atoms. The number of aryl methyl sites for hydroxylation is 2. The summed E-state index contributed by atoms with van der Waals surface area (Å²) < 4.78 is 5.16. The van der Waals surface area contributed by atoms with E-state index in [1.54, 1.807) is 38.1 Å². The molecule has 2 aromatic carbocycles. The molecule has 0 spiro atoms. The lowest BCUT2D eigenvalue weighted by molar-refractivity contribution is -0.116. The summed E-state index contributed by atoms with van der Waals surface area (Å²) in [5, 5.41) is 2.83. The molecule has 0 saturated heterocycles. The summed E-state index contributed by atoms with van der Waals surface area (Å²) in [4.78, 5) is 24.0. The highest BCUT2D eigenvalue weighted by Gasteiger charge is 2.10. The second-order valence-corrected chi connectivity index (χ2v) is 6.07. The monoisotopic (exact) mass is 325 g/mol. The van der Waals surface area contributed by atoms with Gasteiger partial charge in [-0.2, -0.15) is 0 Å². The summed E-state index contributed by atoms with van der Waals surface area (Å²) in [6, 6.07) is 14.9. The van der Waals surface area contributed by atoms with E-state index in [9.17, 15) is 9.59 Å². The number of esters is 1. The molecule has 2 aromatic rings. The fourth-order valence-corrected chi connectivity index (χ4v) is 2.24. The molecule has 0 aliphatic heterocycles. The Labute approximate surface area is 142 Å². The molecule has 0 aliphatic carbocycles. The van der Waals surface area contributed by atoms with Crippen LogP contribution < -0.4 is 5.32 Å². The van der Waals surface area contributed by atoms with Gasteiger partial charge in [0, 0.05) is 12.1 Å². The molecule has 4 heteroatoms. The molecule has 4 nitrogen and oxygen atoms in total. The van der Waals surface area contributed by atoms with Crippen LogP contribution in [0.4, 0.5) is 5.69 Å². The van der Waals surface area contributed by atoms with E-state index in [-0.39, 0.29) is 18.0 Å². The smallest absolute Gasteiger partial charge is 0.338 e. The standard InChI is InChI=1S/C20H23NO3/c1-14(2)24-20(23)17-5-4-6-18(13-17)21-19(22)12-11-16-9-7-15(3)8-10-16/h4-10,13-14H,11-12H2,1-3H3,(H,21,22). The van der Waals surface area contributed by atoms with Gasteiger partial charge in [-0.05, 0) is 51.0 Å². The van der Waals surface area contributed by atoms with Gasteiger partial charge in [0.15, 0.2) is 0 Å². The maximum absolute atomic E-state index is 12.1. The van der Waals surface area contributed by atoms with Crippen LogP contribution in [0, 0.1) is 6.92 Å². The number of hydrogen-bond acceptors (Lipinski definition) is 3. The van der Waals surface area contributed by atoms with Crippen molar-refractivity contribution >= 4 is 17.6 Å². The maximum atomic E-state index is 12.1. The molecule has 0 heterocycles. The lowest BCUT2D eigenvalue weighted by Gasteiger charge is -2.10. The van der Waals surface area contributed by atoms with E-state index in [0.29, 0.717) is 24.1 Å². The van der Waals surface area contributed by atoms with Crippen molar-refractivity contribution in [1.82, 2.24) is 0 Å². The van der Waals surface area contributed by atoms with E-state index < -0.39 is 0 Å². The molecule has 0 unspecified atom stereocenters. The van der Waals surface area contributed by atoms with Gasteiger partial charge in [-0.25, -0.2) is 4.79 Å². The topological polar surface area (TPSA) is 55.4 Å². The Hall–Kier alpha value is -2.62. The normalized spacial score (nSPS) is 10.5. The van der Waals surface area contributed by atoms with Crippen molar-refractivity contribution in [2.45, 2.75) is 39.7 Å². The summed E-state index contributed by atoms with van der Waals surface area (Å²) in [5.41, 5.74) is 3.36. The van der Waals surface area contributed by atoms with Crippen molar-refractivity contribution in [3.8, 4) is 0 Å². The molecule has 126 valence electrons. The van der Waals surface area contributed by atoms with E-state index >= 15 is 0 Å². The summed E-state index contributed by atoms with van der Waals surface area (Å²) in [5.74, 6) is -0.467. The Morgan fingerprint density at radius 3 is 2.46 bits per heavy atom. The van der Waals surface area contributed by atoms with Gasteiger partial charge in [0.25, 0.3) is 0 Å². The van der Waals surface area contributed by atoms with Gasteiger partial charge < -0.3 is 10.1 Å². The second kappa shape index (κ2) is 8.29. The second-order valence-electron chi connectivity index (χ2n) is 6.07. The zero-order valence-corrected chi connectivity index (χ0v) is 14.3. The molecule has 0 aliphatic rings. The molecule has 0 fully saturated rings. The first-order valence-electron chi connectivity index (χ1n) is 8.10. The average molecular weight is 325 g/mol. The van der Waals surface area contributed by atoms with Crippen LogP contribution in [0.25, 0.3) is 0 Å². The van der Waals surface area contributed by atoms with E-state index in [1.165, 1.54) is 5.56 Å². The van der Waals surface area contributed by atoms with Crippen molar-refractivity contribution in [1.29, 1.82) is 0 Å². The van der Waals surface area contributed by atoms with Crippen molar-refractivity contribution in [2.75, 3.05) is 5.32 Å². The quantitative estimate of drug-likeness (QED) is 0.812. The maximum Gasteiger partial charge on any atom is 0.338 e. The number of rotatable bonds is 6. The SMILES string of the molecule is Cc1ccc(CCC(=O)Nc2cccc(C(=O)OC(C)C)c2)cc1. The zero-order valence-electron chi connectivity index (χ0n) is 14.3. The van der Waals surface area contributed by atoms with Crippen LogP contribution in [0.1, 0.15) is 41.8 Å². The number of carbonyl (C=O) groups is 2. The fraction of sp³-hybridized carbons (Fsp3) is 0.300. The van der Waals surface area contributed by atoms with Gasteiger partial charge >= 0.3 is 5.97 Å². The predicted octanol–water partition coefficient (Wildman–Crippen LogP) is 4.13. The molecule has 24 heavy (non-hydrogen) atoms. The number of anilines is 1. The molecule has 0 radical (unpaired) electrons. The van der Waals surface area contributed by atoms with Crippen molar-refractivity contribution in [3.05, 3.63) is 65.2 Å². The number of carbonyl (C=O) groups excluding carboxylic acids is 2. The number of amides is 1. The zero-order chi connectivity index (χ0) is 17.5. The molecular formula is C20H23NO3. The van der Waals surface area contributed by atoms with Gasteiger partial charge in [0.2, 0.25) is 5.91 Å². The minimum Gasteiger partial charge on any atom is -0.459 e. The Morgan fingerprint density at radius 2 is 1.79 bits per heavy atom. The summed E-state index contributed by atoms with van der Waals surface area (Å²) >= 11 is 0. The third-order valence-corrected chi connectivity index (χ3v) is 3.49. The largest absolute Gasteiger partial charge is 0.459 e. The van der Waals surface area contributed by atoms with Gasteiger partial charge in [-0.3, -0.25) is 4.79 Å². The number of benzene rings is 2. The number of hydrogen-bond donors (Lipinski definition) is 1. The molecular weight excluding hydrogens is 302 g/mol. The van der Waals surface area contributed by atoms with Crippen LogP contribution in [0.3, 0.4) is 0 Å². The van der Waals surface area contributed by atoms with Crippen molar-refractivity contribution in [2.24, 2.45) is 0 Å². The first-order chi connectivity index (χ1) is 11.4. The first-order valence-corrected chi connectivity index (χ1v) is 8.10. The van der Waals surface area contributed by atoms with Crippen LogP contribution in [-0.4, -0.2) is 18.0 Å². The van der Waals surface area contributed by atoms with Crippen molar-refractivity contribution < 1.29 is 14.3 Å². The fourth-order valence-electron chi connectivity index (χ4n) is 2.24. The van der Waals surface area contributed by atoms with E-state index in [1.807, 2.05) is 31.2 Å². The van der Waals surface area contributed by atoms with E-state index in [4.69, 9.17) is 4.74 Å². The highest BCUT2D eigenvalue weighted by Crippen LogP contribution is 2.13. The third kappa shape index (κ3) is 5.54. The Kier molecular flexibility index (Phi) is 6.13. The highest BCUT2D eigenvalue weighted by molar-refractivity contribution is 5.94. The van der Waals surface area contributed by atoms with Crippen LogP contribution in [0.2, 0.25) is 0 Å². The van der Waals surface area contributed by atoms with Crippen LogP contribution in [0.15, 0.2) is 48.5 Å². The molecule has 2 rings (SSSR count).